The number of aryl methyl sites for hydroxylation is 1. The lowest BCUT2D eigenvalue weighted by Gasteiger charge is -2.30. The van der Waals surface area contributed by atoms with Crippen LogP contribution < -0.4 is 10.6 Å². The highest BCUT2D eigenvalue weighted by molar-refractivity contribution is 6.30. The van der Waals surface area contributed by atoms with Crippen molar-refractivity contribution in [1.82, 2.24) is 20.6 Å². The Morgan fingerprint density at radius 1 is 1.07 bits per heavy atom. The topological polar surface area (TPSA) is 106 Å². The minimum atomic E-state index is -5.51. The predicted octanol–water partition coefficient (Wildman–Crippen LogP) is 4.59. The van der Waals surface area contributed by atoms with Gasteiger partial charge in [-0.15, -0.1) is 0 Å². The second kappa shape index (κ2) is 10.7. The van der Waals surface area contributed by atoms with Crippen molar-refractivity contribution in [2.45, 2.75) is 37.5 Å². The molecule has 2 aromatic rings. The van der Waals surface area contributed by atoms with Crippen LogP contribution in [-0.2, 0) is 21.4 Å². The van der Waals surface area contributed by atoms with E-state index in [0.29, 0.717) is 0 Å². The van der Waals surface area contributed by atoms with E-state index in [1.807, 2.05) is 5.32 Å². The standard InChI is InChI=1S/C21H14ClF10N5O3/c1-8-16(17(39)34-6-14(38)35-7-19(24,25)26)33-5-13(36-8)12-4-18(40-37-12,21(30,31)32)10-2-9(20(27,28)29)3-11(22)15(10)23/h2-3,5H,4,6-7H2,1H3,(H,34,39)(H,35,38). The van der Waals surface area contributed by atoms with Crippen LogP contribution in [0, 0.1) is 12.7 Å². The van der Waals surface area contributed by atoms with E-state index in [9.17, 15) is 53.5 Å². The van der Waals surface area contributed by atoms with Crippen LogP contribution in [0.25, 0.3) is 0 Å². The maximum absolute atomic E-state index is 14.7. The number of aromatic nitrogens is 2. The second-order valence-electron chi connectivity index (χ2n) is 8.21. The number of oxime groups is 1. The zero-order valence-electron chi connectivity index (χ0n) is 19.6. The molecule has 1 atom stereocenters. The third kappa shape index (κ3) is 6.53. The van der Waals surface area contributed by atoms with Crippen LogP contribution in [0.1, 0.15) is 39.4 Å². The molecule has 0 spiro atoms. The van der Waals surface area contributed by atoms with Gasteiger partial charge in [-0.1, -0.05) is 16.8 Å². The first-order chi connectivity index (χ1) is 18.2. The van der Waals surface area contributed by atoms with Gasteiger partial charge in [0.25, 0.3) is 11.5 Å². The molecule has 0 saturated carbocycles. The van der Waals surface area contributed by atoms with Crippen LogP contribution >= 0.6 is 11.6 Å². The Morgan fingerprint density at radius 3 is 2.27 bits per heavy atom. The highest BCUT2D eigenvalue weighted by atomic mass is 35.5. The van der Waals surface area contributed by atoms with Crippen LogP contribution in [0.15, 0.2) is 23.5 Å². The van der Waals surface area contributed by atoms with Crippen LogP contribution in [0.3, 0.4) is 0 Å². The summed E-state index contributed by atoms with van der Waals surface area (Å²) < 4.78 is 133. The van der Waals surface area contributed by atoms with Gasteiger partial charge in [-0.3, -0.25) is 9.59 Å². The van der Waals surface area contributed by atoms with Gasteiger partial charge in [-0.05, 0) is 19.1 Å². The summed E-state index contributed by atoms with van der Waals surface area (Å²) in [6.45, 7) is -1.36. The number of nitrogens with one attached hydrogen (secondary N) is 2. The number of benzene rings is 1. The summed E-state index contributed by atoms with van der Waals surface area (Å²) in [7, 11) is 0. The van der Waals surface area contributed by atoms with Gasteiger partial charge in [0.15, 0.2) is 0 Å². The molecule has 8 nitrogen and oxygen atoms in total. The van der Waals surface area contributed by atoms with Crippen molar-refractivity contribution in [2.75, 3.05) is 13.1 Å². The van der Waals surface area contributed by atoms with Gasteiger partial charge in [-0.2, -0.15) is 39.5 Å². The molecule has 1 aliphatic heterocycles. The van der Waals surface area contributed by atoms with Gasteiger partial charge in [-0.25, -0.2) is 14.4 Å². The average Bonchev–Trinajstić information content (AvgIpc) is 3.28. The minimum Gasteiger partial charge on any atom is -0.374 e. The van der Waals surface area contributed by atoms with Crippen molar-refractivity contribution < 1.29 is 58.3 Å². The maximum atomic E-state index is 14.7. The molecule has 0 aliphatic carbocycles. The van der Waals surface area contributed by atoms with Gasteiger partial charge in [0.2, 0.25) is 5.91 Å². The van der Waals surface area contributed by atoms with Crippen molar-refractivity contribution in [2.24, 2.45) is 5.16 Å². The predicted molar refractivity (Wildman–Crippen MR) is 115 cm³/mol. The second-order valence-corrected chi connectivity index (χ2v) is 8.62. The number of carbonyl (C=O) groups excluding carboxylic acids is 2. The molecule has 2 amide bonds. The van der Waals surface area contributed by atoms with Crippen LogP contribution in [0.2, 0.25) is 5.02 Å². The molecule has 1 aromatic heterocycles. The smallest absolute Gasteiger partial charge is 0.374 e. The molecular formula is C21H14ClF10N5O3. The zero-order valence-corrected chi connectivity index (χ0v) is 20.3. The number of halogens is 11. The first-order valence-electron chi connectivity index (χ1n) is 10.6. The Bertz CT molecular complexity index is 1360. The summed E-state index contributed by atoms with van der Waals surface area (Å²) >= 11 is 5.45. The first kappa shape index (κ1) is 30.8. The SMILES string of the molecule is Cc1nc(C2=NOC(c3cc(C(F)(F)F)cc(Cl)c3F)(C(F)(F)F)C2)cnc1C(=O)NCC(=O)NCC(F)(F)F. The van der Waals surface area contributed by atoms with E-state index in [1.165, 1.54) is 5.32 Å². The van der Waals surface area contributed by atoms with Crippen molar-refractivity contribution in [3.63, 3.8) is 0 Å². The van der Waals surface area contributed by atoms with Crippen molar-refractivity contribution in [3.8, 4) is 0 Å². The number of hydrogen-bond acceptors (Lipinski definition) is 6. The summed E-state index contributed by atoms with van der Waals surface area (Å²) in [5.74, 6) is -4.08. The van der Waals surface area contributed by atoms with E-state index >= 15 is 0 Å². The first-order valence-corrected chi connectivity index (χ1v) is 11.0. The quantitative estimate of drug-likeness (QED) is 0.467. The summed E-state index contributed by atoms with van der Waals surface area (Å²) in [5, 5.41) is 5.48. The van der Waals surface area contributed by atoms with Crippen LogP contribution in [0.4, 0.5) is 43.9 Å². The Morgan fingerprint density at radius 2 is 1.73 bits per heavy atom. The summed E-state index contributed by atoms with van der Waals surface area (Å²) in [6.07, 6.45) is -16.0. The fraction of sp³-hybridized carbons (Fsp3) is 0.381. The lowest BCUT2D eigenvalue weighted by atomic mass is 9.86. The third-order valence-corrected chi connectivity index (χ3v) is 5.60. The van der Waals surface area contributed by atoms with E-state index in [0.717, 1.165) is 13.1 Å². The highest BCUT2D eigenvalue weighted by Crippen LogP contribution is 2.51. The van der Waals surface area contributed by atoms with Crippen LogP contribution in [0.5, 0.6) is 0 Å². The summed E-state index contributed by atoms with van der Waals surface area (Å²) in [4.78, 5) is 35.8. The number of carbonyl (C=O) groups is 2. The fourth-order valence-electron chi connectivity index (χ4n) is 3.42. The number of rotatable bonds is 6. The molecule has 0 bridgehead atoms. The van der Waals surface area contributed by atoms with Gasteiger partial charge in [0, 0.05) is 5.56 Å². The van der Waals surface area contributed by atoms with Crippen molar-refractivity contribution in [1.29, 1.82) is 0 Å². The third-order valence-electron chi connectivity index (χ3n) is 5.33. The van der Waals surface area contributed by atoms with E-state index < -0.39 is 94.5 Å². The fourth-order valence-corrected chi connectivity index (χ4v) is 3.63. The lowest BCUT2D eigenvalue weighted by Crippen LogP contribution is -2.43. The minimum absolute atomic E-state index is 0.0949. The molecule has 0 fully saturated rings. The molecule has 3 rings (SSSR count). The number of hydrogen-bond donors (Lipinski definition) is 2. The largest absolute Gasteiger partial charge is 0.435 e. The number of nitrogens with zero attached hydrogens (tertiary/aromatic N) is 3. The molecule has 1 aliphatic rings. The van der Waals surface area contributed by atoms with Gasteiger partial charge >= 0.3 is 18.5 Å². The Kier molecular flexibility index (Phi) is 8.25. The van der Waals surface area contributed by atoms with Crippen LogP contribution in [-0.4, -0.2) is 52.9 Å². The average molecular weight is 610 g/mol. The highest BCUT2D eigenvalue weighted by Gasteiger charge is 2.64. The molecule has 0 saturated heterocycles. The molecule has 2 heterocycles. The summed E-state index contributed by atoms with van der Waals surface area (Å²) in [6, 6.07) is 0.0160. The molecule has 1 aromatic carbocycles. The van der Waals surface area contributed by atoms with Crippen molar-refractivity contribution >= 4 is 29.1 Å². The molecule has 1 unspecified atom stereocenters. The Hall–Kier alpha value is -3.70. The normalized spacial score (nSPS) is 17.8. The van der Waals surface area contributed by atoms with Crippen molar-refractivity contribution in [3.05, 3.63) is 57.4 Å². The number of amides is 2. The van der Waals surface area contributed by atoms with E-state index in [4.69, 9.17) is 11.6 Å². The van der Waals surface area contributed by atoms with Gasteiger partial charge < -0.3 is 15.5 Å². The zero-order chi connectivity index (χ0) is 30.3. The summed E-state index contributed by atoms with van der Waals surface area (Å²) in [5.41, 5.74) is -8.75. The van der Waals surface area contributed by atoms with E-state index in [-0.39, 0.29) is 17.8 Å². The Balaban J connectivity index is 1.85. The molecule has 2 N–H and O–H groups in total. The molecule has 218 valence electrons. The molecule has 0 radical (unpaired) electrons. The lowest BCUT2D eigenvalue weighted by molar-refractivity contribution is -0.276. The molecular weight excluding hydrogens is 596 g/mol. The molecule has 40 heavy (non-hydrogen) atoms. The Labute approximate surface area is 221 Å². The van der Waals surface area contributed by atoms with Gasteiger partial charge in [0.1, 0.15) is 29.5 Å². The molecule has 19 heteroatoms. The van der Waals surface area contributed by atoms with E-state index in [1.54, 1.807) is 0 Å². The van der Waals surface area contributed by atoms with Gasteiger partial charge in [0.05, 0.1) is 35.4 Å². The monoisotopic (exact) mass is 609 g/mol. The maximum Gasteiger partial charge on any atom is 0.435 e. The number of alkyl halides is 9. The van der Waals surface area contributed by atoms with E-state index in [2.05, 4.69) is 20.0 Å².